The highest BCUT2D eigenvalue weighted by molar-refractivity contribution is 6.33. The first-order chi connectivity index (χ1) is 15.2. The molecule has 1 aliphatic rings. The van der Waals surface area contributed by atoms with Crippen molar-refractivity contribution in [1.82, 2.24) is 14.5 Å². The van der Waals surface area contributed by atoms with E-state index in [1.807, 2.05) is 55.7 Å². The van der Waals surface area contributed by atoms with E-state index in [1.54, 1.807) is 17.0 Å². The molecule has 3 aromatic rings. The summed E-state index contributed by atoms with van der Waals surface area (Å²) in [5, 5.41) is 1.27. The number of aromatic nitrogens is 2. The third kappa shape index (κ3) is 5.30. The van der Waals surface area contributed by atoms with Gasteiger partial charge in [0.15, 0.2) is 0 Å². The van der Waals surface area contributed by atoms with E-state index in [2.05, 4.69) is 4.98 Å². The van der Waals surface area contributed by atoms with E-state index in [0.717, 1.165) is 23.0 Å². The van der Waals surface area contributed by atoms with Crippen LogP contribution in [0.4, 0.5) is 4.79 Å². The Morgan fingerprint density at radius 1 is 1.19 bits per heavy atom. The van der Waals surface area contributed by atoms with E-state index in [9.17, 15) is 4.79 Å². The maximum absolute atomic E-state index is 12.3. The van der Waals surface area contributed by atoms with Crippen LogP contribution in [-0.2, 0) is 11.3 Å². The van der Waals surface area contributed by atoms with Crippen molar-refractivity contribution in [2.45, 2.75) is 39.3 Å². The van der Waals surface area contributed by atoms with Crippen LogP contribution in [0.3, 0.4) is 0 Å². The van der Waals surface area contributed by atoms with Crippen molar-refractivity contribution in [2.75, 3.05) is 19.7 Å². The minimum atomic E-state index is -0.502. The molecule has 0 bridgehead atoms. The Balaban J connectivity index is 1.48. The van der Waals surface area contributed by atoms with Gasteiger partial charge in [0.05, 0.1) is 24.2 Å². The van der Waals surface area contributed by atoms with Crippen LogP contribution < -0.4 is 4.74 Å². The van der Waals surface area contributed by atoms with Crippen molar-refractivity contribution in [2.24, 2.45) is 5.92 Å². The van der Waals surface area contributed by atoms with Gasteiger partial charge in [-0.1, -0.05) is 35.3 Å². The van der Waals surface area contributed by atoms with Crippen molar-refractivity contribution in [3.05, 3.63) is 58.1 Å². The molecule has 170 valence electrons. The number of halogens is 2. The molecule has 0 radical (unpaired) electrons. The molecule has 1 atom stereocenters. The van der Waals surface area contributed by atoms with Crippen LogP contribution in [0.25, 0.3) is 11.0 Å². The van der Waals surface area contributed by atoms with Gasteiger partial charge < -0.3 is 14.4 Å². The van der Waals surface area contributed by atoms with Gasteiger partial charge >= 0.3 is 6.09 Å². The standard InChI is InChI=1S/C24H27Cl2N3O3/c1-24(2,3)32-23(30)28-11-10-16(13-28)15-31-22-27-20-6-4-5-7-21(20)29(22)14-17-12-18(25)8-9-19(17)26/h4-9,12,16H,10-11,13-15H2,1-3H3. The summed E-state index contributed by atoms with van der Waals surface area (Å²) in [6, 6.07) is 13.8. The summed E-state index contributed by atoms with van der Waals surface area (Å²) in [5.74, 6) is 0.213. The molecule has 0 saturated carbocycles. The Labute approximate surface area is 198 Å². The number of benzene rings is 2. The van der Waals surface area contributed by atoms with Gasteiger partial charge in [-0.25, -0.2) is 4.79 Å². The fraction of sp³-hybridized carbons (Fsp3) is 0.417. The van der Waals surface area contributed by atoms with Crippen LogP contribution >= 0.6 is 23.2 Å². The van der Waals surface area contributed by atoms with Gasteiger partial charge in [0.2, 0.25) is 0 Å². The quantitative estimate of drug-likeness (QED) is 0.452. The fourth-order valence-electron chi connectivity index (χ4n) is 3.80. The second kappa shape index (κ2) is 9.20. The van der Waals surface area contributed by atoms with Gasteiger partial charge in [-0.15, -0.1) is 0 Å². The fourth-order valence-corrected chi connectivity index (χ4v) is 4.18. The SMILES string of the molecule is CC(C)(C)OC(=O)N1CCC(COc2nc3ccccc3n2Cc2cc(Cl)ccc2Cl)C1. The Kier molecular flexibility index (Phi) is 6.54. The Hall–Kier alpha value is -2.44. The lowest BCUT2D eigenvalue weighted by molar-refractivity contribution is 0.0284. The normalized spacial score (nSPS) is 16.5. The van der Waals surface area contributed by atoms with E-state index >= 15 is 0 Å². The monoisotopic (exact) mass is 475 g/mol. The van der Waals surface area contributed by atoms with Gasteiger partial charge in [-0.2, -0.15) is 4.98 Å². The summed E-state index contributed by atoms with van der Waals surface area (Å²) in [4.78, 5) is 18.8. The number of hydrogen-bond acceptors (Lipinski definition) is 4. The zero-order chi connectivity index (χ0) is 22.9. The average Bonchev–Trinajstić information content (AvgIpc) is 3.33. The molecule has 2 heterocycles. The first kappa shape index (κ1) is 22.7. The molecular weight excluding hydrogens is 449 g/mol. The Bertz CT molecular complexity index is 1120. The number of hydrogen-bond donors (Lipinski definition) is 0. The second-order valence-electron chi connectivity index (χ2n) is 9.10. The van der Waals surface area contributed by atoms with Crippen LogP contribution in [0.1, 0.15) is 32.8 Å². The van der Waals surface area contributed by atoms with Gasteiger partial charge in [0.1, 0.15) is 5.60 Å². The number of likely N-dealkylation sites (tertiary alicyclic amines) is 1. The summed E-state index contributed by atoms with van der Waals surface area (Å²) in [5.41, 5.74) is 2.20. The highest BCUT2D eigenvalue weighted by atomic mass is 35.5. The molecule has 1 unspecified atom stereocenters. The van der Waals surface area contributed by atoms with Crippen LogP contribution in [0, 0.1) is 5.92 Å². The zero-order valence-electron chi connectivity index (χ0n) is 18.5. The minimum absolute atomic E-state index is 0.213. The topological polar surface area (TPSA) is 56.6 Å². The molecule has 0 spiro atoms. The first-order valence-electron chi connectivity index (χ1n) is 10.7. The molecule has 32 heavy (non-hydrogen) atoms. The van der Waals surface area contributed by atoms with Crippen molar-refractivity contribution in [3.8, 4) is 6.01 Å². The average molecular weight is 476 g/mol. The lowest BCUT2D eigenvalue weighted by atomic mass is 10.1. The molecule has 0 aliphatic carbocycles. The smallest absolute Gasteiger partial charge is 0.410 e. The number of ether oxygens (including phenoxy) is 2. The molecule has 1 saturated heterocycles. The summed E-state index contributed by atoms with van der Waals surface area (Å²) in [6.45, 7) is 7.84. The number of carbonyl (C=O) groups is 1. The lowest BCUT2D eigenvalue weighted by Gasteiger charge is -2.24. The summed E-state index contributed by atoms with van der Waals surface area (Å²) in [6.07, 6.45) is 0.586. The van der Waals surface area contributed by atoms with E-state index in [4.69, 9.17) is 32.7 Å². The lowest BCUT2D eigenvalue weighted by Crippen LogP contribution is -2.35. The van der Waals surface area contributed by atoms with Crippen molar-refractivity contribution in [1.29, 1.82) is 0 Å². The third-order valence-electron chi connectivity index (χ3n) is 5.34. The highest BCUT2D eigenvalue weighted by Crippen LogP contribution is 2.28. The molecular formula is C24H27Cl2N3O3. The van der Waals surface area contributed by atoms with Crippen LogP contribution in [0.15, 0.2) is 42.5 Å². The van der Waals surface area contributed by atoms with E-state index in [1.165, 1.54) is 0 Å². The number of nitrogens with zero attached hydrogens (tertiary/aromatic N) is 3. The number of fused-ring (bicyclic) bond motifs is 1. The molecule has 6 nitrogen and oxygen atoms in total. The number of carbonyl (C=O) groups excluding carboxylic acids is 1. The maximum Gasteiger partial charge on any atom is 0.410 e. The van der Waals surface area contributed by atoms with Crippen LogP contribution in [0.5, 0.6) is 6.01 Å². The van der Waals surface area contributed by atoms with E-state index < -0.39 is 5.60 Å². The second-order valence-corrected chi connectivity index (χ2v) is 9.94. The molecule has 1 aliphatic heterocycles. The molecule has 1 amide bonds. The van der Waals surface area contributed by atoms with Gasteiger partial charge in [0.25, 0.3) is 6.01 Å². The summed E-state index contributed by atoms with van der Waals surface area (Å²) >= 11 is 12.6. The van der Waals surface area contributed by atoms with E-state index in [-0.39, 0.29) is 12.0 Å². The first-order valence-corrected chi connectivity index (χ1v) is 11.4. The largest absolute Gasteiger partial charge is 0.464 e. The number of para-hydroxylation sites is 2. The Morgan fingerprint density at radius 3 is 2.75 bits per heavy atom. The molecule has 4 rings (SSSR count). The van der Waals surface area contributed by atoms with Gasteiger partial charge in [-0.3, -0.25) is 4.57 Å². The van der Waals surface area contributed by atoms with Gasteiger partial charge in [-0.05, 0) is 63.1 Å². The number of rotatable bonds is 5. The molecule has 1 aromatic heterocycles. The van der Waals surface area contributed by atoms with Crippen molar-refractivity contribution < 1.29 is 14.3 Å². The predicted octanol–water partition coefficient (Wildman–Crippen LogP) is 6.03. The third-order valence-corrected chi connectivity index (χ3v) is 5.95. The number of imidazole rings is 1. The molecule has 0 N–H and O–H groups in total. The summed E-state index contributed by atoms with van der Waals surface area (Å²) < 4.78 is 13.7. The zero-order valence-corrected chi connectivity index (χ0v) is 20.0. The maximum atomic E-state index is 12.3. The number of amides is 1. The van der Waals surface area contributed by atoms with Crippen LogP contribution in [0.2, 0.25) is 10.0 Å². The minimum Gasteiger partial charge on any atom is -0.464 e. The van der Waals surface area contributed by atoms with Crippen LogP contribution in [-0.4, -0.2) is 45.8 Å². The van der Waals surface area contributed by atoms with Crippen molar-refractivity contribution >= 4 is 40.3 Å². The molecule has 8 heteroatoms. The predicted molar refractivity (Wildman–Crippen MR) is 127 cm³/mol. The summed E-state index contributed by atoms with van der Waals surface area (Å²) in [7, 11) is 0. The van der Waals surface area contributed by atoms with Gasteiger partial charge in [0, 0.05) is 29.1 Å². The molecule has 2 aromatic carbocycles. The highest BCUT2D eigenvalue weighted by Gasteiger charge is 2.30. The Morgan fingerprint density at radius 2 is 1.97 bits per heavy atom. The molecule has 1 fully saturated rings. The van der Waals surface area contributed by atoms with Crippen molar-refractivity contribution in [3.63, 3.8) is 0 Å². The van der Waals surface area contributed by atoms with E-state index in [0.29, 0.717) is 42.3 Å².